The minimum Gasteiger partial charge on any atom is -0.550 e. The molecular weight excluding hydrogens is 205 g/mol. The van der Waals surface area contributed by atoms with Crippen LogP contribution >= 0.6 is 0 Å². The standard InChI is InChI=1S/C9H16FNO4/c1-11(2,3)6-9(15,4-8(13)14)7(12)5-10/h15H,4-6H2,1-3H3. The van der Waals surface area contributed by atoms with Crippen LogP contribution in [0.15, 0.2) is 0 Å². The Morgan fingerprint density at radius 2 is 1.87 bits per heavy atom. The van der Waals surface area contributed by atoms with E-state index in [4.69, 9.17) is 0 Å². The maximum absolute atomic E-state index is 12.2. The Morgan fingerprint density at radius 1 is 1.40 bits per heavy atom. The van der Waals surface area contributed by atoms with E-state index in [1.54, 1.807) is 21.1 Å². The van der Waals surface area contributed by atoms with Gasteiger partial charge >= 0.3 is 0 Å². The van der Waals surface area contributed by atoms with E-state index in [2.05, 4.69) is 0 Å². The molecule has 0 saturated heterocycles. The monoisotopic (exact) mass is 221 g/mol. The number of carbonyl (C=O) groups is 2. The normalized spacial score (nSPS) is 15.8. The SMILES string of the molecule is C[N+](C)(C)CC(O)(CC(=O)[O-])C(=O)CF. The fourth-order valence-corrected chi connectivity index (χ4v) is 1.39. The van der Waals surface area contributed by atoms with Crippen LogP contribution in [0.5, 0.6) is 0 Å². The number of carbonyl (C=O) groups excluding carboxylic acids is 2. The molecule has 0 aromatic carbocycles. The zero-order valence-corrected chi connectivity index (χ0v) is 9.12. The molecule has 6 heteroatoms. The van der Waals surface area contributed by atoms with Crippen LogP contribution in [-0.2, 0) is 9.59 Å². The third kappa shape index (κ3) is 4.85. The molecule has 1 unspecified atom stereocenters. The van der Waals surface area contributed by atoms with Crippen LogP contribution in [0, 0.1) is 0 Å². The lowest BCUT2D eigenvalue weighted by atomic mass is 9.93. The van der Waals surface area contributed by atoms with E-state index in [0.29, 0.717) is 0 Å². The van der Waals surface area contributed by atoms with Crippen molar-refractivity contribution in [3.63, 3.8) is 0 Å². The van der Waals surface area contributed by atoms with E-state index in [1.807, 2.05) is 0 Å². The molecule has 0 aromatic rings. The Bertz CT molecular complexity index is 261. The van der Waals surface area contributed by atoms with E-state index in [0.717, 1.165) is 0 Å². The van der Waals surface area contributed by atoms with Gasteiger partial charge in [-0.3, -0.25) is 4.79 Å². The van der Waals surface area contributed by atoms with Gasteiger partial charge in [0.05, 0.1) is 21.1 Å². The maximum atomic E-state index is 12.2. The van der Waals surface area contributed by atoms with Crippen LogP contribution in [-0.4, -0.2) is 61.3 Å². The van der Waals surface area contributed by atoms with Crippen molar-refractivity contribution >= 4 is 11.8 Å². The summed E-state index contributed by atoms with van der Waals surface area (Å²) in [5.41, 5.74) is -2.19. The van der Waals surface area contributed by atoms with Gasteiger partial charge in [-0.05, 0) is 0 Å². The minimum atomic E-state index is -2.19. The second kappa shape index (κ2) is 4.67. The van der Waals surface area contributed by atoms with Gasteiger partial charge < -0.3 is 19.5 Å². The number of ketones is 1. The number of aliphatic hydroxyl groups is 1. The lowest BCUT2D eigenvalue weighted by Crippen LogP contribution is -2.56. The molecule has 0 aliphatic heterocycles. The summed E-state index contributed by atoms with van der Waals surface area (Å²) >= 11 is 0. The number of quaternary nitrogens is 1. The van der Waals surface area contributed by atoms with Crippen LogP contribution in [0.3, 0.4) is 0 Å². The third-order valence-electron chi connectivity index (χ3n) is 1.81. The van der Waals surface area contributed by atoms with Crippen LogP contribution in [0.4, 0.5) is 4.39 Å². The summed E-state index contributed by atoms with van der Waals surface area (Å²) < 4.78 is 12.3. The zero-order valence-electron chi connectivity index (χ0n) is 9.12. The first kappa shape index (κ1) is 14.0. The highest BCUT2D eigenvalue weighted by atomic mass is 19.1. The maximum Gasteiger partial charge on any atom is 0.201 e. The van der Waals surface area contributed by atoms with Gasteiger partial charge in [0, 0.05) is 12.4 Å². The Kier molecular flexibility index (Phi) is 4.36. The molecule has 5 nitrogen and oxygen atoms in total. The quantitative estimate of drug-likeness (QED) is 0.532. The van der Waals surface area contributed by atoms with E-state index in [9.17, 15) is 24.2 Å². The van der Waals surface area contributed by atoms with Crippen LogP contribution in [0.1, 0.15) is 6.42 Å². The molecular formula is C9H16FNO4. The molecule has 0 rings (SSSR count). The molecule has 1 N–H and O–H groups in total. The highest BCUT2D eigenvalue weighted by Crippen LogP contribution is 2.15. The summed E-state index contributed by atoms with van der Waals surface area (Å²) in [7, 11) is 4.98. The van der Waals surface area contributed by atoms with Crippen molar-refractivity contribution in [2.24, 2.45) is 0 Å². The Hall–Kier alpha value is -1.01. The van der Waals surface area contributed by atoms with Gasteiger partial charge in [-0.15, -0.1) is 0 Å². The first-order valence-corrected chi connectivity index (χ1v) is 4.43. The molecule has 0 spiro atoms. The van der Waals surface area contributed by atoms with Crippen molar-refractivity contribution in [1.82, 2.24) is 0 Å². The van der Waals surface area contributed by atoms with Gasteiger partial charge in [-0.1, -0.05) is 0 Å². The number of carboxylic acid groups (broad SMARTS) is 1. The van der Waals surface area contributed by atoms with Gasteiger partial charge in [-0.25, -0.2) is 4.39 Å². The molecule has 15 heavy (non-hydrogen) atoms. The van der Waals surface area contributed by atoms with Crippen molar-refractivity contribution in [3.8, 4) is 0 Å². The Labute approximate surface area is 87.7 Å². The number of halogens is 1. The minimum absolute atomic E-state index is 0.148. The predicted molar refractivity (Wildman–Crippen MR) is 48.5 cm³/mol. The van der Waals surface area contributed by atoms with Gasteiger partial charge in [0.15, 0.2) is 12.3 Å². The van der Waals surface area contributed by atoms with Crippen LogP contribution in [0.25, 0.3) is 0 Å². The fraction of sp³-hybridized carbons (Fsp3) is 0.778. The van der Waals surface area contributed by atoms with Gasteiger partial charge in [0.25, 0.3) is 0 Å². The average Bonchev–Trinajstić information content (AvgIpc) is 1.97. The predicted octanol–water partition coefficient (Wildman–Crippen LogP) is -1.90. The van der Waals surface area contributed by atoms with Crippen LogP contribution in [0.2, 0.25) is 0 Å². The lowest BCUT2D eigenvalue weighted by Gasteiger charge is -2.34. The number of alkyl halides is 1. The molecule has 0 aromatic heterocycles. The van der Waals surface area contributed by atoms with Crippen molar-refractivity contribution in [1.29, 1.82) is 0 Å². The number of hydrogen-bond donors (Lipinski definition) is 1. The zero-order chi connectivity index (χ0) is 12.3. The van der Waals surface area contributed by atoms with E-state index in [1.165, 1.54) is 0 Å². The first-order valence-electron chi connectivity index (χ1n) is 4.43. The van der Waals surface area contributed by atoms with Crippen molar-refractivity contribution in [2.75, 3.05) is 34.4 Å². The summed E-state index contributed by atoms with van der Waals surface area (Å²) in [6, 6.07) is 0. The molecule has 0 saturated carbocycles. The summed E-state index contributed by atoms with van der Waals surface area (Å²) in [6.45, 7) is -1.56. The molecule has 0 fully saturated rings. The highest BCUT2D eigenvalue weighted by Gasteiger charge is 2.40. The van der Waals surface area contributed by atoms with Gasteiger partial charge in [0.2, 0.25) is 5.78 Å². The molecule has 0 radical (unpaired) electrons. The number of carboxylic acids is 1. The van der Waals surface area contributed by atoms with Gasteiger partial charge in [-0.2, -0.15) is 0 Å². The second-order valence-corrected chi connectivity index (χ2v) is 4.59. The van der Waals surface area contributed by atoms with E-state index in [-0.39, 0.29) is 11.0 Å². The molecule has 0 amide bonds. The summed E-state index contributed by atoms with van der Waals surface area (Å²) in [5, 5.41) is 20.1. The number of likely N-dealkylation sites (N-methyl/N-ethyl adjacent to an activating group) is 1. The number of hydrogen-bond acceptors (Lipinski definition) is 4. The average molecular weight is 221 g/mol. The summed E-state index contributed by atoms with van der Waals surface area (Å²) in [6.07, 6.45) is -0.884. The number of Topliss-reactive ketones (excluding diaryl/α,β-unsaturated/α-hetero) is 1. The fourth-order valence-electron chi connectivity index (χ4n) is 1.39. The molecule has 1 atom stereocenters. The van der Waals surface area contributed by atoms with Crippen LogP contribution < -0.4 is 5.11 Å². The van der Waals surface area contributed by atoms with E-state index >= 15 is 0 Å². The van der Waals surface area contributed by atoms with Crippen molar-refractivity contribution in [3.05, 3.63) is 0 Å². The summed E-state index contributed by atoms with van der Waals surface area (Å²) in [4.78, 5) is 21.5. The van der Waals surface area contributed by atoms with Crippen molar-refractivity contribution in [2.45, 2.75) is 12.0 Å². The number of rotatable bonds is 6. The first-order chi connectivity index (χ1) is 6.60. The number of aliphatic carboxylic acids is 1. The Morgan fingerprint density at radius 3 is 2.13 bits per heavy atom. The lowest BCUT2D eigenvalue weighted by molar-refractivity contribution is -0.875. The molecule has 0 aliphatic rings. The third-order valence-corrected chi connectivity index (χ3v) is 1.81. The molecule has 88 valence electrons. The molecule has 0 heterocycles. The van der Waals surface area contributed by atoms with Gasteiger partial charge in [0.1, 0.15) is 6.54 Å². The Balaban J connectivity index is 4.86. The largest absolute Gasteiger partial charge is 0.550 e. The second-order valence-electron chi connectivity index (χ2n) is 4.59. The smallest absolute Gasteiger partial charge is 0.201 e. The highest BCUT2D eigenvalue weighted by molar-refractivity contribution is 5.91. The summed E-state index contributed by atoms with van der Waals surface area (Å²) in [5.74, 6) is -2.70. The number of nitrogens with zero attached hydrogens (tertiary/aromatic N) is 1. The van der Waals surface area contributed by atoms with Crippen molar-refractivity contribution < 1.29 is 28.7 Å². The molecule has 0 aliphatic carbocycles. The van der Waals surface area contributed by atoms with E-state index < -0.39 is 30.4 Å². The topological polar surface area (TPSA) is 77.4 Å². The molecule has 0 bridgehead atoms.